The van der Waals surface area contributed by atoms with Gasteiger partial charge in [-0.1, -0.05) is 0 Å². The lowest BCUT2D eigenvalue weighted by Gasteiger charge is -1.96. The van der Waals surface area contributed by atoms with Crippen molar-refractivity contribution in [3.63, 3.8) is 0 Å². The first-order chi connectivity index (χ1) is 6.22. The van der Waals surface area contributed by atoms with E-state index in [0.717, 1.165) is 16.5 Å². The summed E-state index contributed by atoms with van der Waals surface area (Å²) in [5, 5.41) is 0.850. The van der Waals surface area contributed by atoms with Crippen LogP contribution in [0, 0.1) is 5.82 Å². The van der Waals surface area contributed by atoms with Gasteiger partial charge in [-0.15, -0.1) is 0 Å². The SMILES string of the molecule is NCc1c[nH]c2cc(Br)c(F)cc12. The Bertz CT molecular complexity index is 450. The van der Waals surface area contributed by atoms with Crippen molar-refractivity contribution in [1.29, 1.82) is 0 Å². The van der Waals surface area contributed by atoms with Gasteiger partial charge in [-0.25, -0.2) is 4.39 Å². The van der Waals surface area contributed by atoms with Gasteiger partial charge in [0.15, 0.2) is 0 Å². The van der Waals surface area contributed by atoms with Gasteiger partial charge in [0.1, 0.15) is 5.82 Å². The maximum absolute atomic E-state index is 13.1. The molecule has 0 amide bonds. The van der Waals surface area contributed by atoms with Crippen molar-refractivity contribution in [3.05, 3.63) is 34.2 Å². The Morgan fingerprint density at radius 1 is 1.46 bits per heavy atom. The van der Waals surface area contributed by atoms with E-state index in [2.05, 4.69) is 20.9 Å². The molecule has 0 unspecified atom stereocenters. The lowest BCUT2D eigenvalue weighted by Crippen LogP contribution is -1.94. The van der Waals surface area contributed by atoms with Crippen molar-refractivity contribution in [2.75, 3.05) is 0 Å². The number of rotatable bonds is 1. The molecule has 0 radical (unpaired) electrons. The van der Waals surface area contributed by atoms with E-state index in [0.29, 0.717) is 11.0 Å². The average molecular weight is 243 g/mol. The molecule has 0 aliphatic rings. The van der Waals surface area contributed by atoms with Crippen LogP contribution in [-0.4, -0.2) is 4.98 Å². The molecular formula is C9H8BrFN2. The van der Waals surface area contributed by atoms with Crippen LogP contribution in [0.2, 0.25) is 0 Å². The average Bonchev–Trinajstić information content (AvgIpc) is 2.48. The van der Waals surface area contributed by atoms with Crippen LogP contribution < -0.4 is 5.73 Å². The highest BCUT2D eigenvalue weighted by Crippen LogP contribution is 2.24. The van der Waals surface area contributed by atoms with Crippen molar-refractivity contribution in [2.45, 2.75) is 6.54 Å². The molecule has 0 spiro atoms. The predicted molar refractivity (Wildman–Crippen MR) is 53.8 cm³/mol. The second-order valence-electron chi connectivity index (χ2n) is 2.83. The summed E-state index contributed by atoms with van der Waals surface area (Å²) in [7, 11) is 0. The lowest BCUT2D eigenvalue weighted by molar-refractivity contribution is 0.623. The number of hydrogen-bond donors (Lipinski definition) is 2. The Hall–Kier alpha value is -0.870. The van der Waals surface area contributed by atoms with E-state index in [9.17, 15) is 4.39 Å². The van der Waals surface area contributed by atoms with Crippen LogP contribution in [0.1, 0.15) is 5.56 Å². The molecule has 0 aliphatic heterocycles. The zero-order valence-electron chi connectivity index (χ0n) is 6.77. The number of hydrogen-bond acceptors (Lipinski definition) is 1. The van der Waals surface area contributed by atoms with Gasteiger partial charge >= 0.3 is 0 Å². The smallest absolute Gasteiger partial charge is 0.138 e. The van der Waals surface area contributed by atoms with Crippen LogP contribution in [0.25, 0.3) is 10.9 Å². The fraction of sp³-hybridized carbons (Fsp3) is 0.111. The molecule has 1 aromatic heterocycles. The molecule has 1 heterocycles. The second kappa shape index (κ2) is 3.12. The standard InChI is InChI=1S/C9H8BrFN2/c10-7-2-9-6(1-8(7)11)5(3-12)4-13-9/h1-2,4,13H,3,12H2. The summed E-state index contributed by atoms with van der Waals surface area (Å²) in [6, 6.07) is 3.20. The number of aromatic amines is 1. The van der Waals surface area contributed by atoms with E-state index < -0.39 is 0 Å². The molecule has 0 atom stereocenters. The highest BCUT2D eigenvalue weighted by atomic mass is 79.9. The maximum Gasteiger partial charge on any atom is 0.138 e. The summed E-state index contributed by atoms with van der Waals surface area (Å²) in [4.78, 5) is 3.03. The van der Waals surface area contributed by atoms with Gasteiger partial charge in [-0.2, -0.15) is 0 Å². The van der Waals surface area contributed by atoms with Gasteiger partial charge in [0, 0.05) is 23.6 Å². The lowest BCUT2D eigenvalue weighted by atomic mass is 10.2. The molecule has 0 fully saturated rings. The molecule has 4 heteroatoms. The Morgan fingerprint density at radius 2 is 2.23 bits per heavy atom. The third-order valence-corrected chi connectivity index (χ3v) is 2.64. The molecule has 2 nitrogen and oxygen atoms in total. The first-order valence-corrected chi connectivity index (χ1v) is 4.66. The Kier molecular flexibility index (Phi) is 2.09. The van der Waals surface area contributed by atoms with Crippen LogP contribution in [0.3, 0.4) is 0 Å². The number of aromatic nitrogens is 1. The normalized spacial score (nSPS) is 11.0. The van der Waals surface area contributed by atoms with E-state index in [1.54, 1.807) is 12.3 Å². The molecule has 3 N–H and O–H groups in total. The molecule has 0 saturated carbocycles. The van der Waals surface area contributed by atoms with Gasteiger partial charge in [0.2, 0.25) is 0 Å². The van der Waals surface area contributed by atoms with Crippen molar-refractivity contribution < 1.29 is 4.39 Å². The molecule has 13 heavy (non-hydrogen) atoms. The van der Waals surface area contributed by atoms with Gasteiger partial charge < -0.3 is 10.7 Å². The van der Waals surface area contributed by atoms with Gasteiger partial charge in [0.25, 0.3) is 0 Å². The van der Waals surface area contributed by atoms with Crippen LogP contribution in [0.4, 0.5) is 4.39 Å². The molecule has 0 aliphatic carbocycles. The van der Waals surface area contributed by atoms with Crippen LogP contribution in [-0.2, 0) is 6.54 Å². The minimum atomic E-state index is -0.262. The van der Waals surface area contributed by atoms with E-state index in [-0.39, 0.29) is 5.82 Å². The molecule has 0 saturated heterocycles. The van der Waals surface area contributed by atoms with Crippen molar-refractivity contribution in [1.82, 2.24) is 4.98 Å². The van der Waals surface area contributed by atoms with Crippen molar-refractivity contribution in [2.24, 2.45) is 5.73 Å². The summed E-state index contributed by atoms with van der Waals surface area (Å²) in [6.45, 7) is 0.418. The minimum Gasteiger partial charge on any atom is -0.361 e. The third-order valence-electron chi connectivity index (χ3n) is 2.03. The monoisotopic (exact) mass is 242 g/mol. The third kappa shape index (κ3) is 1.36. The summed E-state index contributed by atoms with van der Waals surface area (Å²) < 4.78 is 13.6. The van der Waals surface area contributed by atoms with Gasteiger partial charge in [-0.05, 0) is 33.6 Å². The molecule has 2 rings (SSSR count). The highest BCUT2D eigenvalue weighted by Gasteiger charge is 2.06. The fourth-order valence-corrected chi connectivity index (χ4v) is 1.69. The van der Waals surface area contributed by atoms with Crippen LogP contribution >= 0.6 is 15.9 Å². The van der Waals surface area contributed by atoms with Crippen molar-refractivity contribution >= 4 is 26.8 Å². The first-order valence-electron chi connectivity index (χ1n) is 3.87. The summed E-state index contributed by atoms with van der Waals surface area (Å²) in [5.74, 6) is -0.262. The summed E-state index contributed by atoms with van der Waals surface area (Å²) in [6.07, 6.45) is 1.80. The Balaban J connectivity index is 2.77. The zero-order chi connectivity index (χ0) is 9.42. The number of halogens is 2. The van der Waals surface area contributed by atoms with Crippen LogP contribution in [0.5, 0.6) is 0 Å². The predicted octanol–water partition coefficient (Wildman–Crippen LogP) is 2.53. The van der Waals surface area contributed by atoms with E-state index in [4.69, 9.17) is 5.73 Å². The topological polar surface area (TPSA) is 41.8 Å². The molecule has 2 aromatic rings. The number of benzene rings is 1. The van der Waals surface area contributed by atoms with E-state index in [1.807, 2.05) is 0 Å². The quantitative estimate of drug-likeness (QED) is 0.793. The van der Waals surface area contributed by atoms with Crippen molar-refractivity contribution in [3.8, 4) is 0 Å². The van der Waals surface area contributed by atoms with Gasteiger partial charge in [-0.3, -0.25) is 0 Å². The summed E-state index contributed by atoms with van der Waals surface area (Å²) >= 11 is 3.12. The highest BCUT2D eigenvalue weighted by molar-refractivity contribution is 9.10. The number of H-pyrrole nitrogens is 1. The summed E-state index contributed by atoms with van der Waals surface area (Å²) in [5.41, 5.74) is 7.32. The fourth-order valence-electron chi connectivity index (χ4n) is 1.34. The van der Waals surface area contributed by atoms with E-state index in [1.165, 1.54) is 6.07 Å². The minimum absolute atomic E-state index is 0.262. The molecule has 1 aromatic carbocycles. The number of nitrogens with one attached hydrogen (secondary N) is 1. The first kappa shape index (κ1) is 8.72. The Morgan fingerprint density at radius 3 is 2.92 bits per heavy atom. The van der Waals surface area contributed by atoms with E-state index >= 15 is 0 Å². The molecule has 0 bridgehead atoms. The van der Waals surface area contributed by atoms with Crippen LogP contribution in [0.15, 0.2) is 22.8 Å². The zero-order valence-corrected chi connectivity index (χ0v) is 8.36. The molecular weight excluding hydrogens is 235 g/mol. The number of nitrogens with two attached hydrogens (primary N) is 1. The van der Waals surface area contributed by atoms with Gasteiger partial charge in [0.05, 0.1) is 4.47 Å². The Labute approximate surface area is 83.1 Å². The second-order valence-corrected chi connectivity index (χ2v) is 3.68. The largest absolute Gasteiger partial charge is 0.361 e. The maximum atomic E-state index is 13.1. The molecule has 68 valence electrons. The number of fused-ring (bicyclic) bond motifs is 1.